The summed E-state index contributed by atoms with van der Waals surface area (Å²) in [6.07, 6.45) is 9.61. The number of hydrogen-bond acceptors (Lipinski definition) is 4. The zero-order valence-corrected chi connectivity index (χ0v) is 26.0. The molecule has 0 radical (unpaired) electrons. The number of carbonyl (C=O) groups is 2. The predicted molar refractivity (Wildman–Crippen MR) is 172 cm³/mol. The van der Waals surface area contributed by atoms with Gasteiger partial charge in [-0.2, -0.15) is 0 Å². The Kier molecular flexibility index (Phi) is 7.51. The van der Waals surface area contributed by atoms with Gasteiger partial charge in [-0.1, -0.05) is 23.8 Å². The van der Waals surface area contributed by atoms with E-state index in [0.29, 0.717) is 35.9 Å². The lowest BCUT2D eigenvalue weighted by Crippen LogP contribution is -2.35. The SMILES string of the molecule is C=C(C(=O)N1C2CCC1CC2)c1cc2c(CCN3CCC(CC(=O)N4CCCC4)C3)c(-c3cc(C)cc(C)c3)[nH]c2s1. The number of rotatable bonds is 8. The minimum Gasteiger partial charge on any atom is -0.346 e. The molecule has 4 aliphatic rings. The smallest absolute Gasteiger partial charge is 0.255 e. The number of aryl methyl sites for hydroxylation is 2. The van der Waals surface area contributed by atoms with Gasteiger partial charge in [0.1, 0.15) is 4.83 Å². The third kappa shape index (κ3) is 5.24. The average molecular weight is 585 g/mol. The molecule has 2 bridgehead atoms. The molecule has 0 aliphatic carbocycles. The van der Waals surface area contributed by atoms with Crippen LogP contribution >= 0.6 is 11.3 Å². The molecule has 7 rings (SSSR count). The second-order valence-electron chi connectivity index (χ2n) is 13.4. The van der Waals surface area contributed by atoms with E-state index in [9.17, 15) is 9.59 Å². The number of H-pyrrole nitrogens is 1. The van der Waals surface area contributed by atoms with Crippen molar-refractivity contribution in [2.75, 3.05) is 32.7 Å². The third-order valence-electron chi connectivity index (χ3n) is 10.3. The molecule has 3 aromatic rings. The summed E-state index contributed by atoms with van der Waals surface area (Å²) in [7, 11) is 0. The van der Waals surface area contributed by atoms with Crippen LogP contribution in [0.5, 0.6) is 0 Å². The molecule has 1 unspecified atom stereocenters. The molecular formula is C35H44N4O2S. The number of nitrogens with one attached hydrogen (secondary N) is 1. The van der Waals surface area contributed by atoms with Crippen LogP contribution in [0.2, 0.25) is 0 Å². The van der Waals surface area contributed by atoms with Crippen LogP contribution in [0.15, 0.2) is 30.8 Å². The van der Waals surface area contributed by atoms with E-state index in [-0.39, 0.29) is 5.91 Å². The molecule has 4 saturated heterocycles. The van der Waals surface area contributed by atoms with Gasteiger partial charge in [-0.3, -0.25) is 9.59 Å². The van der Waals surface area contributed by atoms with Crippen molar-refractivity contribution in [2.24, 2.45) is 5.92 Å². The van der Waals surface area contributed by atoms with Crippen molar-refractivity contribution in [2.45, 2.75) is 83.7 Å². The molecule has 1 aromatic carbocycles. The maximum Gasteiger partial charge on any atom is 0.255 e. The van der Waals surface area contributed by atoms with Crippen molar-refractivity contribution in [3.8, 4) is 11.3 Å². The Labute approximate surface area is 253 Å². The Bertz CT molecular complexity index is 1490. The van der Waals surface area contributed by atoms with Crippen LogP contribution in [0.4, 0.5) is 0 Å². The van der Waals surface area contributed by atoms with Crippen molar-refractivity contribution in [1.29, 1.82) is 0 Å². The lowest BCUT2D eigenvalue weighted by Gasteiger charge is -2.22. The van der Waals surface area contributed by atoms with Gasteiger partial charge in [0.05, 0.1) is 5.69 Å². The molecule has 4 fully saturated rings. The Balaban J connectivity index is 1.11. The van der Waals surface area contributed by atoms with Crippen LogP contribution in [-0.4, -0.2) is 76.3 Å². The number of amides is 2. The van der Waals surface area contributed by atoms with Gasteiger partial charge in [0, 0.05) is 60.5 Å². The number of aromatic amines is 1. The van der Waals surface area contributed by atoms with Crippen molar-refractivity contribution in [3.63, 3.8) is 0 Å². The van der Waals surface area contributed by atoms with Crippen LogP contribution in [0.1, 0.15) is 72.9 Å². The maximum absolute atomic E-state index is 13.5. The summed E-state index contributed by atoms with van der Waals surface area (Å²) in [6, 6.07) is 9.80. The Morgan fingerprint density at radius 3 is 2.33 bits per heavy atom. The maximum atomic E-state index is 13.5. The molecule has 1 atom stereocenters. The van der Waals surface area contributed by atoms with E-state index < -0.39 is 0 Å². The van der Waals surface area contributed by atoms with Gasteiger partial charge in [0.15, 0.2) is 0 Å². The van der Waals surface area contributed by atoms with E-state index in [4.69, 9.17) is 0 Å². The second-order valence-corrected chi connectivity index (χ2v) is 14.4. The first-order valence-electron chi connectivity index (χ1n) is 16.1. The number of likely N-dealkylation sites (tertiary alicyclic amines) is 2. The van der Waals surface area contributed by atoms with Gasteiger partial charge in [0.2, 0.25) is 5.91 Å². The summed E-state index contributed by atoms with van der Waals surface area (Å²) in [5, 5.41) is 1.22. The molecule has 7 heteroatoms. The highest BCUT2D eigenvalue weighted by Gasteiger charge is 2.43. The Morgan fingerprint density at radius 2 is 1.64 bits per heavy atom. The van der Waals surface area contributed by atoms with Crippen LogP contribution in [-0.2, 0) is 16.0 Å². The van der Waals surface area contributed by atoms with E-state index >= 15 is 0 Å². The summed E-state index contributed by atoms with van der Waals surface area (Å²) in [5.41, 5.74) is 6.93. The molecule has 0 saturated carbocycles. The van der Waals surface area contributed by atoms with Gasteiger partial charge >= 0.3 is 0 Å². The normalized spacial score (nSPS) is 24.0. The Hall–Kier alpha value is -2.90. The number of fused-ring (bicyclic) bond motifs is 3. The fourth-order valence-electron chi connectivity index (χ4n) is 8.21. The lowest BCUT2D eigenvalue weighted by molar-refractivity contribution is -0.131. The highest BCUT2D eigenvalue weighted by atomic mass is 32.1. The average Bonchev–Trinajstić information content (AvgIpc) is 3.81. The minimum atomic E-state index is 0.131. The summed E-state index contributed by atoms with van der Waals surface area (Å²) in [4.78, 5) is 38.9. The summed E-state index contributed by atoms with van der Waals surface area (Å²) < 4.78 is 0. The third-order valence-corrected chi connectivity index (χ3v) is 11.4. The van der Waals surface area contributed by atoms with E-state index in [2.05, 4.69) is 64.4 Å². The predicted octanol–water partition coefficient (Wildman–Crippen LogP) is 6.56. The van der Waals surface area contributed by atoms with E-state index in [1.807, 2.05) is 0 Å². The van der Waals surface area contributed by atoms with Crippen molar-refractivity contribution in [1.82, 2.24) is 19.7 Å². The first-order valence-corrected chi connectivity index (χ1v) is 16.9. The number of carbonyl (C=O) groups excluding carboxylic acids is 2. The number of hydrogen-bond donors (Lipinski definition) is 1. The van der Waals surface area contributed by atoms with Crippen molar-refractivity contribution >= 4 is 38.9 Å². The Morgan fingerprint density at radius 1 is 0.952 bits per heavy atom. The number of nitrogens with zero attached hydrogens (tertiary/aromatic N) is 3. The fraction of sp³-hybridized carbons (Fsp3) is 0.543. The second kappa shape index (κ2) is 11.3. The molecule has 0 spiro atoms. The summed E-state index contributed by atoms with van der Waals surface area (Å²) in [5.74, 6) is 0.948. The van der Waals surface area contributed by atoms with Gasteiger partial charge in [0.25, 0.3) is 5.91 Å². The first-order chi connectivity index (χ1) is 20.3. The van der Waals surface area contributed by atoms with E-state index in [1.165, 1.54) is 33.3 Å². The van der Waals surface area contributed by atoms with E-state index in [1.54, 1.807) is 11.3 Å². The quantitative estimate of drug-likeness (QED) is 0.305. The van der Waals surface area contributed by atoms with Crippen LogP contribution in [0, 0.1) is 19.8 Å². The standard InChI is InChI=1S/C35H44N4O2S/c1-22-16-23(2)18-26(17-22)33-29(11-15-37-14-10-25(21-37)19-32(40)38-12-4-5-13-38)30-20-31(42-34(30)36-33)24(3)35(41)39-27-6-7-28(39)9-8-27/h16-18,20,25,27-28,36H,3-15,19,21H2,1-2H3. The number of benzene rings is 1. The minimum absolute atomic E-state index is 0.131. The zero-order chi connectivity index (χ0) is 29.0. The molecule has 6 heterocycles. The van der Waals surface area contributed by atoms with Gasteiger partial charge in [-0.05, 0) is 107 Å². The van der Waals surface area contributed by atoms with Crippen LogP contribution < -0.4 is 0 Å². The molecule has 6 nitrogen and oxygen atoms in total. The van der Waals surface area contributed by atoms with Crippen LogP contribution in [0.25, 0.3) is 27.0 Å². The van der Waals surface area contributed by atoms with Crippen LogP contribution in [0.3, 0.4) is 0 Å². The largest absolute Gasteiger partial charge is 0.346 e. The molecule has 4 aliphatic heterocycles. The monoisotopic (exact) mass is 584 g/mol. The molecular weight excluding hydrogens is 540 g/mol. The topological polar surface area (TPSA) is 59.7 Å². The van der Waals surface area contributed by atoms with Crippen molar-refractivity contribution in [3.05, 3.63) is 52.4 Å². The zero-order valence-electron chi connectivity index (χ0n) is 25.2. The highest BCUT2D eigenvalue weighted by Crippen LogP contribution is 2.42. The molecule has 222 valence electrons. The molecule has 2 aromatic heterocycles. The van der Waals surface area contributed by atoms with Crippen molar-refractivity contribution < 1.29 is 9.59 Å². The van der Waals surface area contributed by atoms with Gasteiger partial charge < -0.3 is 19.7 Å². The summed E-state index contributed by atoms with van der Waals surface area (Å²) in [6.45, 7) is 13.6. The lowest BCUT2D eigenvalue weighted by atomic mass is 9.99. The van der Waals surface area contributed by atoms with Gasteiger partial charge in [-0.15, -0.1) is 11.3 Å². The fourth-order valence-corrected chi connectivity index (χ4v) is 9.26. The van der Waals surface area contributed by atoms with E-state index in [0.717, 1.165) is 93.8 Å². The first kappa shape index (κ1) is 27.9. The molecule has 2 amide bonds. The number of aromatic nitrogens is 1. The summed E-state index contributed by atoms with van der Waals surface area (Å²) >= 11 is 1.67. The molecule has 1 N–H and O–H groups in total. The number of thiophene rings is 1. The highest BCUT2D eigenvalue weighted by molar-refractivity contribution is 7.20. The molecule has 42 heavy (non-hydrogen) atoms. The van der Waals surface area contributed by atoms with Gasteiger partial charge in [-0.25, -0.2) is 0 Å².